The normalized spacial score (nSPS) is 16.7. The van der Waals surface area contributed by atoms with Crippen LogP contribution in [0.1, 0.15) is 62.1 Å². The molecule has 2 heterocycles. The van der Waals surface area contributed by atoms with Gasteiger partial charge in [-0.3, -0.25) is 14.6 Å². The molecule has 17 heteroatoms. The lowest BCUT2D eigenvalue weighted by atomic mass is 9.77. The van der Waals surface area contributed by atoms with Gasteiger partial charge in [-0.1, -0.05) is 12.1 Å². The van der Waals surface area contributed by atoms with Crippen molar-refractivity contribution in [2.45, 2.75) is 57.8 Å². The third-order valence-electron chi connectivity index (χ3n) is 8.70. The van der Waals surface area contributed by atoms with Crippen LogP contribution in [0.3, 0.4) is 0 Å². The molecule has 2 aromatic carbocycles. The molecule has 0 aliphatic heterocycles. The summed E-state index contributed by atoms with van der Waals surface area (Å²) in [6, 6.07) is 8.27. The number of amides is 1. The molecule has 50 heavy (non-hydrogen) atoms. The molecule has 1 aliphatic carbocycles. The maximum atomic E-state index is 14.2. The van der Waals surface area contributed by atoms with E-state index >= 15 is 0 Å². The van der Waals surface area contributed by atoms with Gasteiger partial charge in [-0.2, -0.15) is 18.2 Å². The average molecular weight is 721 g/mol. The number of nitrogens with zero attached hydrogens (tertiary/aromatic N) is 3. The Hall–Kier alpha value is -4.37. The van der Waals surface area contributed by atoms with Gasteiger partial charge in [-0.05, 0) is 74.8 Å². The molecular weight excluding hydrogens is 680 g/mol. The quantitative estimate of drug-likeness (QED) is 0.0521. The number of hydrogen-bond acceptors (Lipinski definition) is 11. The average Bonchev–Trinajstić information content (AvgIpc) is 3.38. The Morgan fingerprint density at radius 3 is 2.36 bits per heavy atom. The fourth-order valence-electron chi connectivity index (χ4n) is 6.34. The topological polar surface area (TPSA) is 169 Å². The molecule has 5 N–H and O–H groups in total. The number of nitrogens with one attached hydrogen (secondary N) is 3. The van der Waals surface area contributed by atoms with Gasteiger partial charge >= 0.3 is 13.8 Å². The number of ether oxygens (including phenoxy) is 1. The van der Waals surface area contributed by atoms with Gasteiger partial charge in [0.25, 0.3) is 0 Å². The van der Waals surface area contributed by atoms with Crippen molar-refractivity contribution in [3.05, 3.63) is 59.4 Å². The molecule has 13 nitrogen and oxygen atoms in total. The van der Waals surface area contributed by atoms with Crippen molar-refractivity contribution in [2.24, 2.45) is 13.0 Å². The van der Waals surface area contributed by atoms with Crippen LogP contribution in [0.25, 0.3) is 10.8 Å². The summed E-state index contributed by atoms with van der Waals surface area (Å²) >= 11 is 0. The minimum Gasteiger partial charge on any atom is -0.495 e. The van der Waals surface area contributed by atoms with Crippen LogP contribution in [0.5, 0.6) is 11.6 Å². The molecule has 0 bridgehead atoms. The highest BCUT2D eigenvalue weighted by molar-refractivity contribution is 7.53. The zero-order chi connectivity index (χ0) is 36.2. The van der Waals surface area contributed by atoms with Crippen LogP contribution in [0.15, 0.2) is 42.7 Å². The number of aromatic nitrogens is 3. The van der Waals surface area contributed by atoms with Crippen molar-refractivity contribution < 1.29 is 46.6 Å². The second-order valence-corrected chi connectivity index (χ2v) is 14.0. The van der Waals surface area contributed by atoms with Crippen molar-refractivity contribution in [3.63, 3.8) is 0 Å². The summed E-state index contributed by atoms with van der Waals surface area (Å²) in [5.74, 6) is -1.28. The van der Waals surface area contributed by atoms with E-state index in [9.17, 15) is 27.6 Å². The van der Waals surface area contributed by atoms with E-state index in [1.54, 1.807) is 62.9 Å². The summed E-state index contributed by atoms with van der Waals surface area (Å²) in [7, 11) is -0.371. The van der Waals surface area contributed by atoms with Gasteiger partial charge in [0.2, 0.25) is 17.7 Å². The molecule has 0 spiro atoms. The van der Waals surface area contributed by atoms with E-state index in [0.717, 1.165) is 5.56 Å². The van der Waals surface area contributed by atoms with Crippen LogP contribution in [0.2, 0.25) is 0 Å². The van der Waals surface area contributed by atoms with Crippen molar-refractivity contribution in [1.29, 1.82) is 0 Å². The van der Waals surface area contributed by atoms with Gasteiger partial charge < -0.3 is 34.1 Å². The first kappa shape index (κ1) is 36.9. The molecule has 1 amide bonds. The van der Waals surface area contributed by atoms with E-state index in [1.807, 2.05) is 0 Å². The largest absolute Gasteiger partial charge is 0.495 e. The first-order chi connectivity index (χ1) is 23.8. The smallest absolute Gasteiger partial charge is 0.421 e. The zero-order valence-corrected chi connectivity index (χ0v) is 28.9. The SMILES string of the molecule is CCOP(=O)(Cc1ccc(Nc2ncc(C(F)(F)F)c(Nc3ccc(C4CCC(C(=O)NO)CC4)c4cn(C)c(O)c34)n2)c(OC)c1)OCC. The third kappa shape index (κ3) is 7.99. The Bertz CT molecular complexity index is 1890. The van der Waals surface area contributed by atoms with Crippen molar-refractivity contribution in [1.82, 2.24) is 20.0 Å². The molecule has 1 aliphatic rings. The molecule has 1 saturated carbocycles. The van der Waals surface area contributed by atoms with E-state index in [4.69, 9.17) is 19.0 Å². The second-order valence-electron chi connectivity index (χ2n) is 11.9. The first-order valence-electron chi connectivity index (χ1n) is 16.1. The minimum atomic E-state index is -4.81. The van der Waals surface area contributed by atoms with E-state index in [2.05, 4.69) is 20.6 Å². The summed E-state index contributed by atoms with van der Waals surface area (Å²) < 4.78 is 73.5. The monoisotopic (exact) mass is 720 g/mol. The maximum absolute atomic E-state index is 14.2. The number of aromatic hydroxyl groups is 1. The van der Waals surface area contributed by atoms with E-state index in [0.29, 0.717) is 53.9 Å². The number of alkyl halides is 3. The maximum Gasteiger partial charge on any atom is 0.421 e. The Kier molecular flexibility index (Phi) is 11.3. The van der Waals surface area contributed by atoms with Crippen LogP contribution in [-0.4, -0.2) is 51.1 Å². The van der Waals surface area contributed by atoms with Gasteiger partial charge in [0.05, 0.1) is 43.2 Å². The predicted molar refractivity (Wildman–Crippen MR) is 180 cm³/mol. The van der Waals surface area contributed by atoms with E-state index in [-0.39, 0.29) is 54.5 Å². The highest BCUT2D eigenvalue weighted by atomic mass is 31.2. The van der Waals surface area contributed by atoms with Crippen LogP contribution in [0.4, 0.5) is 36.3 Å². The molecule has 2 aromatic heterocycles. The van der Waals surface area contributed by atoms with Crippen molar-refractivity contribution in [3.8, 4) is 11.6 Å². The minimum absolute atomic E-state index is 0.0160. The van der Waals surface area contributed by atoms with Crippen LogP contribution in [0, 0.1) is 5.92 Å². The Labute approximate surface area is 286 Å². The lowest BCUT2D eigenvalue weighted by molar-refractivity contribution is -0.137. The lowest BCUT2D eigenvalue weighted by Crippen LogP contribution is -2.30. The number of methoxy groups -OCH3 is 1. The lowest BCUT2D eigenvalue weighted by Gasteiger charge is -2.28. The van der Waals surface area contributed by atoms with Gasteiger partial charge in [-0.15, -0.1) is 0 Å². The Balaban J connectivity index is 1.46. The summed E-state index contributed by atoms with van der Waals surface area (Å²) in [5.41, 5.74) is 2.60. The number of fused-ring (bicyclic) bond motifs is 1. The number of rotatable bonds is 13. The van der Waals surface area contributed by atoms with Crippen molar-refractivity contribution >= 4 is 47.4 Å². The number of anilines is 4. The van der Waals surface area contributed by atoms with Gasteiger partial charge in [0.15, 0.2) is 0 Å². The number of benzene rings is 2. The third-order valence-corrected chi connectivity index (χ3v) is 10.8. The molecule has 4 aromatic rings. The molecule has 0 radical (unpaired) electrons. The number of carbonyl (C=O) groups is 1. The van der Waals surface area contributed by atoms with Gasteiger partial charge in [-0.25, -0.2) is 10.5 Å². The van der Waals surface area contributed by atoms with E-state index < -0.39 is 31.1 Å². The second kappa shape index (κ2) is 15.3. The number of hydroxylamine groups is 1. The summed E-state index contributed by atoms with van der Waals surface area (Å²) in [4.78, 5) is 20.0. The molecule has 0 saturated heterocycles. The molecule has 5 rings (SSSR count). The molecule has 270 valence electrons. The molecular formula is C33H40F3N6O7P. The van der Waals surface area contributed by atoms with Gasteiger partial charge in [0, 0.05) is 30.7 Å². The van der Waals surface area contributed by atoms with Crippen LogP contribution in [-0.2, 0) is 37.8 Å². The van der Waals surface area contributed by atoms with Crippen molar-refractivity contribution in [2.75, 3.05) is 31.0 Å². The summed E-state index contributed by atoms with van der Waals surface area (Å²) in [6.07, 6.45) is -0.0431. The standard InChI is InChI=1S/C33H40F3N6O7P/c1-5-48-50(46,49-6-2)18-19-7-13-25(27(15-19)47-4)39-32-37-16-24(33(34,35)36)29(40-32)38-26-14-12-22(23-17-42(3)31(44)28(23)26)20-8-10-21(11-9-20)30(43)41-45/h7,12-17,20-21,44-45H,5-6,8-11,18H2,1-4H3,(H,41,43)(H2,37,38,39,40). The number of hydrogen-bond donors (Lipinski definition) is 5. The number of carbonyl (C=O) groups excluding carboxylic acids is 1. The zero-order valence-electron chi connectivity index (χ0n) is 28.0. The fourth-order valence-corrected chi connectivity index (χ4v) is 8.03. The van der Waals surface area contributed by atoms with Crippen LogP contribution < -0.4 is 20.9 Å². The Morgan fingerprint density at radius 2 is 1.74 bits per heavy atom. The van der Waals surface area contributed by atoms with E-state index in [1.165, 1.54) is 11.7 Å². The highest BCUT2D eigenvalue weighted by Gasteiger charge is 2.36. The Morgan fingerprint density at radius 1 is 1.06 bits per heavy atom. The number of halogens is 3. The van der Waals surface area contributed by atoms with Gasteiger partial charge in [0.1, 0.15) is 17.1 Å². The van der Waals surface area contributed by atoms with Crippen LogP contribution >= 0.6 is 7.60 Å². The first-order valence-corrected chi connectivity index (χ1v) is 17.8. The summed E-state index contributed by atoms with van der Waals surface area (Å²) in [5, 5.41) is 26.7. The number of aryl methyl sites for hydroxylation is 1. The summed E-state index contributed by atoms with van der Waals surface area (Å²) in [6.45, 7) is 3.82. The molecule has 0 unspecified atom stereocenters. The predicted octanol–water partition coefficient (Wildman–Crippen LogP) is 7.73. The molecule has 1 fully saturated rings. The highest BCUT2D eigenvalue weighted by Crippen LogP contribution is 2.52. The molecule has 0 atom stereocenters. The fraction of sp³-hybridized carbons (Fsp3) is 0.424.